The number of rotatable bonds is 3. The van der Waals surface area contributed by atoms with E-state index in [1.807, 2.05) is 16.8 Å². The Morgan fingerprint density at radius 1 is 0.963 bits per heavy atom. The number of hydrogen-bond acceptors (Lipinski definition) is 4. The third-order valence-electron chi connectivity index (χ3n) is 6.15. The molecule has 5 nitrogen and oxygen atoms in total. The molecule has 0 spiro atoms. The summed E-state index contributed by atoms with van der Waals surface area (Å²) in [6.07, 6.45) is 7.54. The van der Waals surface area contributed by atoms with Gasteiger partial charge in [-0.25, -0.2) is 4.98 Å². The predicted octanol–water partition coefficient (Wildman–Crippen LogP) is 3.77. The number of anilines is 1. The molecule has 2 fully saturated rings. The van der Waals surface area contributed by atoms with Gasteiger partial charge in [-0.15, -0.1) is 0 Å². The van der Waals surface area contributed by atoms with E-state index in [9.17, 15) is 0 Å². The second kappa shape index (κ2) is 6.97. The monoisotopic (exact) mass is 361 g/mol. The number of hydrogen-bond donors (Lipinski definition) is 0. The van der Waals surface area contributed by atoms with Crippen LogP contribution in [0, 0.1) is 6.92 Å². The van der Waals surface area contributed by atoms with Crippen molar-refractivity contribution in [3.8, 4) is 11.1 Å². The zero-order valence-electron chi connectivity index (χ0n) is 16.0. The van der Waals surface area contributed by atoms with Gasteiger partial charge >= 0.3 is 0 Å². The average molecular weight is 361 g/mol. The van der Waals surface area contributed by atoms with Crippen molar-refractivity contribution in [2.75, 3.05) is 31.1 Å². The van der Waals surface area contributed by atoms with Crippen molar-refractivity contribution in [1.29, 1.82) is 0 Å². The first-order chi connectivity index (χ1) is 13.3. The molecule has 140 valence electrons. The standard InChI is InChI=1S/C22H27N5/c1-17-15-21(26-13-11-25(12-14-26)19-9-5-6-10-19)27-22(24-17)20(16-23-27)18-7-3-2-4-8-18/h2-4,7-8,15-16,19H,5-6,9-14H2,1H3. The minimum absolute atomic E-state index is 0.820. The Morgan fingerprint density at radius 3 is 2.44 bits per heavy atom. The Hall–Kier alpha value is -2.40. The molecule has 2 aromatic heterocycles. The van der Waals surface area contributed by atoms with Gasteiger partial charge in [0, 0.05) is 49.5 Å². The van der Waals surface area contributed by atoms with Gasteiger partial charge in [-0.05, 0) is 25.3 Å². The summed E-state index contributed by atoms with van der Waals surface area (Å²) >= 11 is 0. The highest BCUT2D eigenvalue weighted by Crippen LogP contribution is 2.29. The summed E-state index contributed by atoms with van der Waals surface area (Å²) in [5, 5.41) is 4.71. The van der Waals surface area contributed by atoms with E-state index < -0.39 is 0 Å². The molecular weight excluding hydrogens is 334 g/mol. The number of nitrogens with zero attached hydrogens (tertiary/aromatic N) is 5. The second-order valence-corrected chi connectivity index (χ2v) is 7.88. The van der Waals surface area contributed by atoms with Gasteiger partial charge in [-0.2, -0.15) is 9.61 Å². The van der Waals surface area contributed by atoms with Gasteiger partial charge in [0.2, 0.25) is 0 Å². The summed E-state index contributed by atoms with van der Waals surface area (Å²) in [5.74, 6) is 1.17. The summed E-state index contributed by atoms with van der Waals surface area (Å²) in [6, 6.07) is 13.4. The summed E-state index contributed by atoms with van der Waals surface area (Å²) < 4.78 is 2.03. The summed E-state index contributed by atoms with van der Waals surface area (Å²) in [4.78, 5) is 9.99. The molecule has 1 saturated heterocycles. The second-order valence-electron chi connectivity index (χ2n) is 7.88. The Morgan fingerprint density at radius 2 is 1.70 bits per heavy atom. The number of piperazine rings is 1. The van der Waals surface area contributed by atoms with E-state index in [2.05, 4.69) is 47.1 Å². The topological polar surface area (TPSA) is 36.7 Å². The largest absolute Gasteiger partial charge is 0.354 e. The van der Waals surface area contributed by atoms with Crippen molar-refractivity contribution >= 4 is 11.5 Å². The molecule has 3 heterocycles. The Bertz CT molecular complexity index is 919. The van der Waals surface area contributed by atoms with E-state index in [4.69, 9.17) is 10.1 Å². The van der Waals surface area contributed by atoms with Crippen LogP contribution in [0.15, 0.2) is 42.6 Å². The van der Waals surface area contributed by atoms with Gasteiger partial charge in [0.1, 0.15) is 5.82 Å². The molecule has 0 unspecified atom stereocenters. The molecule has 1 aliphatic heterocycles. The van der Waals surface area contributed by atoms with Crippen LogP contribution in [0.1, 0.15) is 31.4 Å². The number of fused-ring (bicyclic) bond motifs is 1. The van der Waals surface area contributed by atoms with Crippen LogP contribution in [-0.2, 0) is 0 Å². The minimum Gasteiger partial charge on any atom is -0.354 e. The van der Waals surface area contributed by atoms with Gasteiger partial charge < -0.3 is 4.90 Å². The zero-order valence-corrected chi connectivity index (χ0v) is 16.0. The third-order valence-corrected chi connectivity index (χ3v) is 6.15. The van der Waals surface area contributed by atoms with Crippen LogP contribution in [0.2, 0.25) is 0 Å². The molecule has 1 aromatic carbocycles. The molecule has 0 bridgehead atoms. The van der Waals surface area contributed by atoms with Crippen molar-refractivity contribution in [1.82, 2.24) is 19.5 Å². The molecule has 0 radical (unpaired) electrons. The normalized spacial score (nSPS) is 19.2. The lowest BCUT2D eigenvalue weighted by atomic mass is 10.1. The van der Waals surface area contributed by atoms with Crippen LogP contribution >= 0.6 is 0 Å². The van der Waals surface area contributed by atoms with Gasteiger partial charge in [0.15, 0.2) is 5.65 Å². The fraction of sp³-hybridized carbons (Fsp3) is 0.455. The Kier molecular flexibility index (Phi) is 4.32. The maximum absolute atomic E-state index is 4.81. The number of benzene rings is 1. The van der Waals surface area contributed by atoms with Crippen molar-refractivity contribution < 1.29 is 0 Å². The third kappa shape index (κ3) is 3.10. The first kappa shape index (κ1) is 16.8. The Labute approximate surface area is 160 Å². The van der Waals surface area contributed by atoms with Crippen molar-refractivity contribution in [3.63, 3.8) is 0 Å². The SMILES string of the molecule is Cc1cc(N2CCN(C3CCCC3)CC2)n2ncc(-c3ccccc3)c2n1. The molecule has 0 amide bonds. The van der Waals surface area contributed by atoms with Crippen LogP contribution in [-0.4, -0.2) is 51.7 Å². The highest BCUT2D eigenvalue weighted by Gasteiger charge is 2.27. The van der Waals surface area contributed by atoms with Crippen LogP contribution in [0.4, 0.5) is 5.82 Å². The fourth-order valence-corrected chi connectivity index (χ4v) is 4.70. The molecule has 27 heavy (non-hydrogen) atoms. The molecule has 1 aliphatic carbocycles. The lowest BCUT2D eigenvalue weighted by Crippen LogP contribution is -2.50. The Balaban J connectivity index is 1.45. The summed E-state index contributed by atoms with van der Waals surface area (Å²) in [7, 11) is 0. The first-order valence-corrected chi connectivity index (χ1v) is 10.2. The van der Waals surface area contributed by atoms with Crippen LogP contribution < -0.4 is 4.90 Å². The maximum atomic E-state index is 4.81. The van der Waals surface area contributed by atoms with Crippen LogP contribution in [0.25, 0.3) is 16.8 Å². The maximum Gasteiger partial charge on any atom is 0.165 e. The van der Waals surface area contributed by atoms with Crippen molar-refractivity contribution in [3.05, 3.63) is 48.3 Å². The molecule has 1 saturated carbocycles. The molecule has 0 N–H and O–H groups in total. The average Bonchev–Trinajstić information content (AvgIpc) is 3.38. The van der Waals surface area contributed by atoms with Gasteiger partial charge in [0.25, 0.3) is 0 Å². The van der Waals surface area contributed by atoms with Gasteiger partial charge in [-0.3, -0.25) is 4.90 Å². The molecule has 3 aromatic rings. The van der Waals surface area contributed by atoms with E-state index >= 15 is 0 Å². The minimum atomic E-state index is 0.820. The summed E-state index contributed by atoms with van der Waals surface area (Å²) in [5.41, 5.74) is 4.27. The van der Waals surface area contributed by atoms with Gasteiger partial charge in [0.05, 0.1) is 6.20 Å². The quantitative estimate of drug-likeness (QED) is 0.712. The van der Waals surface area contributed by atoms with E-state index in [-0.39, 0.29) is 0 Å². The fourth-order valence-electron chi connectivity index (χ4n) is 4.70. The van der Waals surface area contributed by atoms with E-state index in [0.717, 1.165) is 49.1 Å². The van der Waals surface area contributed by atoms with Crippen molar-refractivity contribution in [2.45, 2.75) is 38.6 Å². The predicted molar refractivity (Wildman–Crippen MR) is 109 cm³/mol. The molecule has 0 atom stereocenters. The molecule has 5 rings (SSSR count). The van der Waals surface area contributed by atoms with E-state index in [1.165, 1.54) is 37.1 Å². The highest BCUT2D eigenvalue weighted by molar-refractivity contribution is 5.78. The van der Waals surface area contributed by atoms with Gasteiger partial charge in [-0.1, -0.05) is 43.2 Å². The zero-order chi connectivity index (χ0) is 18.2. The highest BCUT2D eigenvalue weighted by atomic mass is 15.4. The van der Waals surface area contributed by atoms with Crippen molar-refractivity contribution in [2.24, 2.45) is 0 Å². The lowest BCUT2D eigenvalue weighted by molar-refractivity contribution is 0.187. The smallest absolute Gasteiger partial charge is 0.165 e. The molecular formula is C22H27N5. The van der Waals surface area contributed by atoms with E-state index in [0.29, 0.717) is 0 Å². The molecule has 5 heteroatoms. The number of aromatic nitrogens is 3. The molecule has 2 aliphatic rings. The summed E-state index contributed by atoms with van der Waals surface area (Å²) in [6.45, 7) is 6.52. The van der Waals surface area contributed by atoms with Crippen LogP contribution in [0.5, 0.6) is 0 Å². The first-order valence-electron chi connectivity index (χ1n) is 10.2. The number of aryl methyl sites for hydroxylation is 1. The van der Waals surface area contributed by atoms with Crippen LogP contribution in [0.3, 0.4) is 0 Å². The lowest BCUT2D eigenvalue weighted by Gasteiger charge is -2.39. The van der Waals surface area contributed by atoms with E-state index in [1.54, 1.807) is 0 Å².